The Morgan fingerprint density at radius 3 is 2.11 bits per heavy atom. The van der Waals surface area contributed by atoms with Gasteiger partial charge in [-0.25, -0.2) is 0 Å². The van der Waals surface area contributed by atoms with Crippen LogP contribution in [-0.2, 0) is 0 Å². The Balaban J connectivity index is 2.49. The quantitative estimate of drug-likeness (QED) is 0.889. The van der Waals surface area contributed by atoms with Gasteiger partial charge in [0.1, 0.15) is 0 Å². The largest absolute Gasteiger partial charge is 0.493 e. The van der Waals surface area contributed by atoms with E-state index in [1.54, 1.807) is 14.2 Å². The fourth-order valence-corrected chi connectivity index (χ4v) is 2.94. The fourth-order valence-electron chi connectivity index (χ4n) is 2.94. The van der Waals surface area contributed by atoms with Crippen LogP contribution in [0.2, 0.25) is 0 Å². The molecule has 3 nitrogen and oxygen atoms in total. The lowest BCUT2D eigenvalue weighted by Crippen LogP contribution is -2.24. The normalized spacial score (nSPS) is 25.9. The maximum absolute atomic E-state index is 5.41. The predicted molar refractivity (Wildman–Crippen MR) is 73.5 cm³/mol. The van der Waals surface area contributed by atoms with Gasteiger partial charge in [-0.3, -0.25) is 0 Å². The summed E-state index contributed by atoms with van der Waals surface area (Å²) >= 11 is 0. The van der Waals surface area contributed by atoms with Gasteiger partial charge in [0, 0.05) is 6.04 Å². The highest BCUT2D eigenvalue weighted by atomic mass is 16.5. The Morgan fingerprint density at radius 2 is 1.61 bits per heavy atom. The lowest BCUT2D eigenvalue weighted by molar-refractivity contribution is 0.354. The third-order valence-corrected chi connectivity index (χ3v) is 4.15. The summed E-state index contributed by atoms with van der Waals surface area (Å²) in [5, 5.41) is 3.57. The molecule has 0 saturated heterocycles. The Morgan fingerprint density at radius 1 is 1.06 bits per heavy atom. The molecule has 1 aromatic carbocycles. The van der Waals surface area contributed by atoms with Crippen LogP contribution >= 0.6 is 0 Å². The number of rotatable bonds is 4. The van der Waals surface area contributed by atoms with Gasteiger partial charge < -0.3 is 14.8 Å². The number of ether oxygens (including phenoxy) is 2. The molecule has 0 bridgehead atoms. The van der Waals surface area contributed by atoms with Crippen molar-refractivity contribution in [2.75, 3.05) is 20.8 Å². The first-order valence-electron chi connectivity index (χ1n) is 6.63. The van der Waals surface area contributed by atoms with E-state index in [2.05, 4.69) is 38.2 Å². The van der Waals surface area contributed by atoms with Crippen LogP contribution in [0.4, 0.5) is 0 Å². The number of hydrogen-bond donors (Lipinski definition) is 1. The number of benzene rings is 1. The van der Waals surface area contributed by atoms with Crippen molar-refractivity contribution >= 4 is 0 Å². The van der Waals surface area contributed by atoms with Crippen LogP contribution in [0.1, 0.15) is 43.9 Å². The van der Waals surface area contributed by atoms with E-state index >= 15 is 0 Å². The second-order valence-electron chi connectivity index (χ2n) is 5.02. The lowest BCUT2D eigenvalue weighted by atomic mass is 9.94. The highest BCUT2D eigenvalue weighted by molar-refractivity contribution is 5.52. The van der Waals surface area contributed by atoms with Crippen LogP contribution in [0, 0.1) is 5.92 Å². The van der Waals surface area contributed by atoms with Gasteiger partial charge in [0.15, 0.2) is 11.5 Å². The van der Waals surface area contributed by atoms with Crippen molar-refractivity contribution in [1.29, 1.82) is 0 Å². The lowest BCUT2D eigenvalue weighted by Gasteiger charge is -2.19. The van der Waals surface area contributed by atoms with Crippen molar-refractivity contribution in [2.45, 2.75) is 32.7 Å². The first kappa shape index (κ1) is 13.2. The topological polar surface area (TPSA) is 30.5 Å². The minimum Gasteiger partial charge on any atom is -0.493 e. The maximum atomic E-state index is 5.41. The SMILES string of the molecule is CCNC1c2cc(OC)c(OC)cc2C(C)C1C. The van der Waals surface area contributed by atoms with Gasteiger partial charge in [0.05, 0.1) is 14.2 Å². The average molecular weight is 249 g/mol. The van der Waals surface area contributed by atoms with Gasteiger partial charge in [-0.1, -0.05) is 20.8 Å². The maximum Gasteiger partial charge on any atom is 0.161 e. The average Bonchev–Trinajstić information content (AvgIpc) is 2.62. The van der Waals surface area contributed by atoms with Crippen molar-refractivity contribution in [1.82, 2.24) is 5.32 Å². The van der Waals surface area contributed by atoms with E-state index in [1.807, 2.05) is 0 Å². The molecular weight excluding hydrogens is 226 g/mol. The molecule has 0 aromatic heterocycles. The van der Waals surface area contributed by atoms with Crippen LogP contribution in [0.25, 0.3) is 0 Å². The van der Waals surface area contributed by atoms with Crippen molar-refractivity contribution in [3.8, 4) is 11.5 Å². The zero-order chi connectivity index (χ0) is 13.3. The molecule has 2 rings (SSSR count). The zero-order valence-electron chi connectivity index (χ0n) is 11.9. The minimum absolute atomic E-state index is 0.416. The Hall–Kier alpha value is -1.22. The van der Waals surface area contributed by atoms with Crippen molar-refractivity contribution in [3.63, 3.8) is 0 Å². The summed E-state index contributed by atoms with van der Waals surface area (Å²) in [7, 11) is 3.38. The highest BCUT2D eigenvalue weighted by Gasteiger charge is 2.35. The van der Waals surface area contributed by atoms with E-state index in [4.69, 9.17) is 9.47 Å². The van der Waals surface area contributed by atoms with Gasteiger partial charge in [0.2, 0.25) is 0 Å². The Labute approximate surface area is 109 Å². The second kappa shape index (κ2) is 5.19. The van der Waals surface area contributed by atoms with Crippen molar-refractivity contribution in [2.24, 2.45) is 5.92 Å². The van der Waals surface area contributed by atoms with Crippen LogP contribution in [-0.4, -0.2) is 20.8 Å². The Kier molecular flexibility index (Phi) is 3.81. The van der Waals surface area contributed by atoms with Crippen molar-refractivity contribution < 1.29 is 9.47 Å². The van der Waals surface area contributed by atoms with Crippen LogP contribution in [0.15, 0.2) is 12.1 Å². The van der Waals surface area contributed by atoms with Crippen molar-refractivity contribution in [3.05, 3.63) is 23.3 Å². The molecule has 100 valence electrons. The molecule has 1 aliphatic rings. The molecule has 3 heteroatoms. The summed E-state index contributed by atoms with van der Waals surface area (Å²) in [5.41, 5.74) is 2.74. The summed E-state index contributed by atoms with van der Waals surface area (Å²) in [4.78, 5) is 0. The molecule has 0 fully saturated rings. The van der Waals surface area contributed by atoms with E-state index in [9.17, 15) is 0 Å². The van der Waals surface area contributed by atoms with Crippen LogP contribution < -0.4 is 14.8 Å². The highest BCUT2D eigenvalue weighted by Crippen LogP contribution is 2.48. The van der Waals surface area contributed by atoms with E-state index in [1.165, 1.54) is 11.1 Å². The van der Waals surface area contributed by atoms with Crippen LogP contribution in [0.5, 0.6) is 11.5 Å². The summed E-state index contributed by atoms with van der Waals surface area (Å²) in [6, 6.07) is 4.67. The zero-order valence-corrected chi connectivity index (χ0v) is 11.9. The van der Waals surface area contributed by atoms with E-state index in [0.29, 0.717) is 17.9 Å². The van der Waals surface area contributed by atoms with E-state index in [0.717, 1.165) is 18.0 Å². The number of hydrogen-bond acceptors (Lipinski definition) is 3. The summed E-state index contributed by atoms with van der Waals surface area (Å²) < 4.78 is 10.8. The van der Waals surface area contributed by atoms with Crippen LogP contribution in [0.3, 0.4) is 0 Å². The standard InChI is InChI=1S/C15H23NO2/c1-6-16-15-10(3)9(2)11-7-13(17-4)14(18-5)8-12(11)15/h7-10,15-16H,6H2,1-5H3. The molecule has 0 heterocycles. The van der Waals surface area contributed by atoms with E-state index < -0.39 is 0 Å². The van der Waals surface area contributed by atoms with Gasteiger partial charge in [0.25, 0.3) is 0 Å². The first-order chi connectivity index (χ1) is 8.63. The smallest absolute Gasteiger partial charge is 0.161 e. The molecule has 0 radical (unpaired) electrons. The molecule has 0 saturated carbocycles. The van der Waals surface area contributed by atoms with Gasteiger partial charge in [-0.2, -0.15) is 0 Å². The summed E-state index contributed by atoms with van der Waals surface area (Å²) in [6.07, 6.45) is 0. The number of fused-ring (bicyclic) bond motifs is 1. The number of methoxy groups -OCH3 is 2. The monoisotopic (exact) mass is 249 g/mol. The van der Waals surface area contributed by atoms with E-state index in [-0.39, 0.29) is 0 Å². The second-order valence-corrected chi connectivity index (χ2v) is 5.02. The molecule has 0 amide bonds. The minimum atomic E-state index is 0.416. The van der Waals surface area contributed by atoms with Gasteiger partial charge >= 0.3 is 0 Å². The first-order valence-corrected chi connectivity index (χ1v) is 6.63. The molecule has 3 unspecified atom stereocenters. The Bertz CT molecular complexity index is 431. The molecule has 18 heavy (non-hydrogen) atoms. The summed E-state index contributed by atoms with van der Waals surface area (Å²) in [5.74, 6) is 2.79. The number of nitrogens with one attached hydrogen (secondary N) is 1. The molecular formula is C15H23NO2. The molecule has 1 N–H and O–H groups in total. The molecule has 0 aliphatic heterocycles. The van der Waals surface area contributed by atoms with Gasteiger partial charge in [-0.05, 0) is 41.6 Å². The predicted octanol–water partition coefficient (Wildman–Crippen LogP) is 3.11. The summed E-state index contributed by atoms with van der Waals surface area (Å²) in [6.45, 7) is 7.72. The molecule has 1 aliphatic carbocycles. The molecule has 0 spiro atoms. The van der Waals surface area contributed by atoms with Gasteiger partial charge in [-0.15, -0.1) is 0 Å². The third kappa shape index (κ3) is 1.97. The molecule has 3 atom stereocenters. The third-order valence-electron chi connectivity index (χ3n) is 4.15. The molecule has 1 aromatic rings. The fraction of sp³-hybridized carbons (Fsp3) is 0.600.